The van der Waals surface area contributed by atoms with Gasteiger partial charge in [-0.3, -0.25) is 37.3 Å². The number of ether oxygens (including phenoxy) is 4. The molecule has 0 radical (unpaired) electrons. The van der Waals surface area contributed by atoms with Crippen LogP contribution in [0.4, 0.5) is 0 Å². The van der Waals surface area contributed by atoms with Crippen LogP contribution in [0.1, 0.15) is 338 Å². The Balaban J connectivity index is 5.27. The lowest BCUT2D eigenvalue weighted by molar-refractivity contribution is -0.161. The summed E-state index contributed by atoms with van der Waals surface area (Å²) in [4.78, 5) is 72.5. The van der Waals surface area contributed by atoms with Crippen molar-refractivity contribution in [3.8, 4) is 0 Å². The molecule has 7 atom stereocenters. The number of aliphatic hydroxyl groups excluding tert-OH is 1. The second-order valence-electron chi connectivity index (χ2n) is 26.4. The molecule has 0 saturated carbocycles. The summed E-state index contributed by atoms with van der Waals surface area (Å²) in [5.74, 6) is 0.892. The number of esters is 4. The highest BCUT2D eigenvalue weighted by atomic mass is 31.2. The summed E-state index contributed by atoms with van der Waals surface area (Å²) in [6.07, 6.45) is 40.2. The van der Waals surface area contributed by atoms with Crippen LogP contribution < -0.4 is 0 Å². The van der Waals surface area contributed by atoms with Crippen molar-refractivity contribution >= 4 is 39.5 Å². The normalized spacial score (nSPS) is 14.9. The van der Waals surface area contributed by atoms with E-state index in [2.05, 4.69) is 55.4 Å². The van der Waals surface area contributed by atoms with Crippen LogP contribution in [0.25, 0.3) is 0 Å². The topological polar surface area (TPSA) is 237 Å². The van der Waals surface area contributed by atoms with Crippen LogP contribution in [0.3, 0.4) is 0 Å². The van der Waals surface area contributed by atoms with E-state index >= 15 is 0 Å². The molecule has 0 fully saturated rings. The maximum Gasteiger partial charge on any atom is 0.472 e. The van der Waals surface area contributed by atoms with Crippen LogP contribution in [-0.4, -0.2) is 96.7 Å². The molecule has 0 saturated heterocycles. The van der Waals surface area contributed by atoms with Crippen LogP contribution in [0, 0.1) is 23.7 Å². The Morgan fingerprint density at radius 1 is 0.318 bits per heavy atom. The smallest absolute Gasteiger partial charge is 0.462 e. The Kier molecular flexibility index (Phi) is 57.6. The van der Waals surface area contributed by atoms with Crippen molar-refractivity contribution < 1.29 is 80.2 Å². The first-order valence-electron chi connectivity index (χ1n) is 35.8. The zero-order chi connectivity index (χ0) is 65.4. The maximum absolute atomic E-state index is 13.0. The first kappa shape index (κ1) is 86.1. The molecule has 0 aliphatic heterocycles. The Morgan fingerprint density at radius 2 is 0.545 bits per heavy atom. The van der Waals surface area contributed by atoms with Crippen LogP contribution in [0.5, 0.6) is 0 Å². The van der Waals surface area contributed by atoms with Gasteiger partial charge in [0.2, 0.25) is 0 Å². The molecule has 3 N–H and O–H groups in total. The highest BCUT2D eigenvalue weighted by molar-refractivity contribution is 7.47. The summed E-state index contributed by atoms with van der Waals surface area (Å²) in [6.45, 7) is 14.1. The van der Waals surface area contributed by atoms with Crippen molar-refractivity contribution in [2.75, 3.05) is 39.6 Å². The SMILES string of the molecule is CCC(C)CCCCCCCCCCCCC(=O)O[C@H](COC(=O)CCCCCCCCCCC(C)C)COP(=O)(O)OCC(O)COP(=O)(O)OC[C@@H](COC(=O)CCCCCCCCCCC(C)CC)OC(=O)CCCCCCCCCCC(C)C. The standard InChI is InChI=1S/C69H134O17P2/c1-9-61(7)47-39-31-23-13-11-12-14-27-35-43-51-68(73)85-64(55-79-66(71)49-41-33-25-18-15-21-29-37-45-59(3)4)57-83-87(75,76)81-53-63(70)54-82-88(77,78)84-58-65(86-69(74)52-44-36-28-19-16-22-30-38-46-60(5)6)56-80-67(72)50-42-34-26-20-17-24-32-40-48-62(8)10-2/h59-65,70H,9-58H2,1-8H3,(H,75,76)(H,77,78)/t61?,62?,63?,64-,65-/m1/s1. The van der Waals surface area contributed by atoms with E-state index in [0.717, 1.165) is 114 Å². The van der Waals surface area contributed by atoms with E-state index in [-0.39, 0.29) is 25.7 Å². The molecule has 0 aliphatic carbocycles. The molecule has 0 rings (SSSR count). The summed E-state index contributed by atoms with van der Waals surface area (Å²) in [6, 6.07) is 0. The first-order valence-corrected chi connectivity index (χ1v) is 38.8. The summed E-state index contributed by atoms with van der Waals surface area (Å²) >= 11 is 0. The van der Waals surface area contributed by atoms with Gasteiger partial charge in [-0.05, 0) is 49.4 Å². The molecular formula is C69H134O17P2. The quantitative estimate of drug-likeness (QED) is 0.0222. The predicted octanol–water partition coefficient (Wildman–Crippen LogP) is 19.3. The fourth-order valence-electron chi connectivity index (χ4n) is 10.2. The minimum atomic E-state index is -4.95. The number of rotatable bonds is 66. The second-order valence-corrected chi connectivity index (χ2v) is 29.3. The number of carbonyl (C=O) groups is 4. The number of phosphoric ester groups is 2. The minimum Gasteiger partial charge on any atom is -0.462 e. The molecule has 0 bridgehead atoms. The van der Waals surface area contributed by atoms with E-state index in [1.807, 2.05) is 0 Å². The van der Waals surface area contributed by atoms with Gasteiger partial charge in [0.1, 0.15) is 19.3 Å². The second kappa shape index (κ2) is 58.8. The van der Waals surface area contributed by atoms with Gasteiger partial charge in [0.05, 0.1) is 26.4 Å². The van der Waals surface area contributed by atoms with E-state index in [0.29, 0.717) is 25.7 Å². The number of hydrogen-bond acceptors (Lipinski definition) is 15. The van der Waals surface area contributed by atoms with E-state index in [1.165, 1.54) is 141 Å². The molecule has 0 heterocycles. The monoisotopic (exact) mass is 1300 g/mol. The van der Waals surface area contributed by atoms with Gasteiger partial charge >= 0.3 is 39.5 Å². The van der Waals surface area contributed by atoms with Crippen LogP contribution in [0.2, 0.25) is 0 Å². The molecule has 88 heavy (non-hydrogen) atoms. The van der Waals surface area contributed by atoms with Gasteiger partial charge in [-0.25, -0.2) is 9.13 Å². The third-order valence-corrected chi connectivity index (χ3v) is 18.4. The fraction of sp³-hybridized carbons (Fsp3) is 0.942. The Morgan fingerprint density at radius 3 is 0.807 bits per heavy atom. The largest absolute Gasteiger partial charge is 0.472 e. The van der Waals surface area contributed by atoms with Crippen molar-refractivity contribution in [2.45, 2.75) is 356 Å². The molecular weight excluding hydrogens is 1160 g/mol. The molecule has 0 aromatic carbocycles. The van der Waals surface area contributed by atoms with Gasteiger partial charge in [0.25, 0.3) is 0 Å². The number of aliphatic hydroxyl groups is 1. The zero-order valence-electron chi connectivity index (χ0n) is 57.3. The molecule has 0 spiro atoms. The Bertz CT molecular complexity index is 1750. The number of hydrogen-bond donors (Lipinski definition) is 3. The van der Waals surface area contributed by atoms with Crippen molar-refractivity contribution in [1.29, 1.82) is 0 Å². The third kappa shape index (κ3) is 60.3. The molecule has 0 aromatic heterocycles. The molecule has 0 amide bonds. The van der Waals surface area contributed by atoms with Gasteiger partial charge in [-0.15, -0.1) is 0 Å². The number of carbonyl (C=O) groups excluding carboxylic acids is 4. The highest BCUT2D eigenvalue weighted by Gasteiger charge is 2.30. The highest BCUT2D eigenvalue weighted by Crippen LogP contribution is 2.45. The average Bonchev–Trinajstić information content (AvgIpc) is 3.39. The van der Waals surface area contributed by atoms with Gasteiger partial charge in [-0.2, -0.15) is 0 Å². The zero-order valence-corrected chi connectivity index (χ0v) is 59.1. The number of phosphoric acid groups is 2. The summed E-state index contributed by atoms with van der Waals surface area (Å²) in [5.41, 5.74) is 0. The summed E-state index contributed by atoms with van der Waals surface area (Å²) < 4.78 is 68.2. The van der Waals surface area contributed by atoms with Crippen LogP contribution in [0.15, 0.2) is 0 Å². The first-order chi connectivity index (χ1) is 42.2. The lowest BCUT2D eigenvalue weighted by Gasteiger charge is -2.21. The molecule has 5 unspecified atom stereocenters. The molecule has 0 aliphatic rings. The maximum atomic E-state index is 13.0. The average molecular weight is 1300 g/mol. The van der Waals surface area contributed by atoms with Crippen molar-refractivity contribution in [3.63, 3.8) is 0 Å². The van der Waals surface area contributed by atoms with Gasteiger partial charge in [-0.1, -0.05) is 287 Å². The lowest BCUT2D eigenvalue weighted by Crippen LogP contribution is -2.30. The minimum absolute atomic E-state index is 0.103. The van der Waals surface area contributed by atoms with Crippen LogP contribution in [-0.2, 0) is 65.4 Å². The van der Waals surface area contributed by atoms with Gasteiger partial charge < -0.3 is 33.8 Å². The lowest BCUT2D eigenvalue weighted by atomic mass is 9.99. The summed E-state index contributed by atoms with van der Waals surface area (Å²) in [5, 5.41) is 10.6. The van der Waals surface area contributed by atoms with Crippen molar-refractivity contribution in [3.05, 3.63) is 0 Å². The van der Waals surface area contributed by atoms with E-state index in [4.69, 9.17) is 37.0 Å². The molecule has 17 nitrogen and oxygen atoms in total. The van der Waals surface area contributed by atoms with E-state index in [1.54, 1.807) is 0 Å². The molecule has 0 aromatic rings. The Hall–Kier alpha value is -1.94. The van der Waals surface area contributed by atoms with Crippen molar-refractivity contribution in [2.24, 2.45) is 23.7 Å². The summed E-state index contributed by atoms with van der Waals surface area (Å²) in [7, 11) is -9.90. The van der Waals surface area contributed by atoms with Gasteiger partial charge in [0, 0.05) is 25.7 Å². The van der Waals surface area contributed by atoms with Crippen LogP contribution >= 0.6 is 15.6 Å². The fourth-order valence-corrected chi connectivity index (χ4v) is 11.8. The predicted molar refractivity (Wildman–Crippen MR) is 354 cm³/mol. The third-order valence-electron chi connectivity index (χ3n) is 16.5. The Labute approximate surface area is 537 Å². The van der Waals surface area contributed by atoms with E-state index < -0.39 is 97.5 Å². The molecule has 522 valence electrons. The van der Waals surface area contributed by atoms with Gasteiger partial charge in [0.15, 0.2) is 12.2 Å². The molecule has 19 heteroatoms. The number of unbranched alkanes of at least 4 members (excludes halogenated alkanes) is 30. The van der Waals surface area contributed by atoms with Crippen molar-refractivity contribution in [1.82, 2.24) is 0 Å². The van der Waals surface area contributed by atoms with E-state index in [9.17, 15) is 43.2 Å².